The number of hydrogen-bond donors (Lipinski definition) is 0. The van der Waals surface area contributed by atoms with Crippen molar-refractivity contribution in [2.45, 2.75) is 13.3 Å². The van der Waals surface area contributed by atoms with E-state index in [1.54, 1.807) is 20.5 Å². The van der Waals surface area contributed by atoms with E-state index in [4.69, 9.17) is 9.47 Å². The molecule has 0 N–H and O–H groups in total. The van der Waals surface area contributed by atoms with Gasteiger partial charge in [0.1, 0.15) is 12.1 Å². The quantitative estimate of drug-likeness (QED) is 0.737. The van der Waals surface area contributed by atoms with Crippen LogP contribution in [0.15, 0.2) is 36.7 Å². The van der Waals surface area contributed by atoms with E-state index in [1.165, 1.54) is 16.8 Å². The predicted octanol–water partition coefficient (Wildman–Crippen LogP) is 3.65. The van der Waals surface area contributed by atoms with Crippen LogP contribution in [0.25, 0.3) is 10.9 Å². The summed E-state index contributed by atoms with van der Waals surface area (Å²) >= 11 is 0. The van der Waals surface area contributed by atoms with Crippen LogP contribution in [0.4, 0.5) is 11.5 Å². The van der Waals surface area contributed by atoms with Gasteiger partial charge >= 0.3 is 0 Å². The minimum Gasteiger partial charge on any atom is -0.493 e. The van der Waals surface area contributed by atoms with Gasteiger partial charge in [0.05, 0.1) is 19.7 Å². The van der Waals surface area contributed by atoms with E-state index >= 15 is 0 Å². The van der Waals surface area contributed by atoms with Gasteiger partial charge in [-0.05, 0) is 30.5 Å². The number of benzene rings is 2. The fraction of sp³-hybridized carbons (Fsp3) is 0.263. The maximum absolute atomic E-state index is 5.46. The Morgan fingerprint density at radius 1 is 1.04 bits per heavy atom. The van der Waals surface area contributed by atoms with Crippen LogP contribution in [0.1, 0.15) is 11.1 Å². The van der Waals surface area contributed by atoms with Gasteiger partial charge in [0.25, 0.3) is 0 Å². The molecule has 0 radical (unpaired) electrons. The molecule has 2 heterocycles. The van der Waals surface area contributed by atoms with Gasteiger partial charge in [-0.1, -0.05) is 18.2 Å². The molecule has 1 aromatic heterocycles. The second-order valence-electron chi connectivity index (χ2n) is 5.91. The summed E-state index contributed by atoms with van der Waals surface area (Å²) in [6.45, 7) is 3.06. The average Bonchev–Trinajstić information content (AvgIpc) is 3.05. The Hall–Kier alpha value is -2.82. The van der Waals surface area contributed by atoms with Crippen LogP contribution in [0.5, 0.6) is 11.5 Å². The second kappa shape index (κ2) is 5.67. The monoisotopic (exact) mass is 321 g/mol. The highest BCUT2D eigenvalue weighted by atomic mass is 16.5. The number of anilines is 2. The van der Waals surface area contributed by atoms with Crippen molar-refractivity contribution in [1.82, 2.24) is 9.97 Å². The standard InChI is InChI=1S/C19H19N3O2/c1-12-5-4-6-13-7-8-22(18(12)13)19-14-9-16(23-2)17(24-3)10-15(14)20-11-21-19/h4-6,9-11H,7-8H2,1-3H3. The van der Waals surface area contributed by atoms with E-state index in [1.807, 2.05) is 12.1 Å². The fourth-order valence-electron chi connectivity index (χ4n) is 3.45. The lowest BCUT2D eigenvalue weighted by Crippen LogP contribution is -2.16. The first-order valence-electron chi connectivity index (χ1n) is 7.95. The zero-order valence-electron chi connectivity index (χ0n) is 14.0. The van der Waals surface area contributed by atoms with Crippen molar-refractivity contribution in [3.05, 3.63) is 47.8 Å². The zero-order chi connectivity index (χ0) is 16.7. The number of aryl methyl sites for hydroxylation is 1. The number of nitrogens with zero attached hydrogens (tertiary/aromatic N) is 3. The molecule has 2 aromatic carbocycles. The molecule has 1 aliphatic heterocycles. The van der Waals surface area contributed by atoms with Crippen LogP contribution in [0.3, 0.4) is 0 Å². The summed E-state index contributed by atoms with van der Waals surface area (Å²) in [4.78, 5) is 11.3. The van der Waals surface area contributed by atoms with Gasteiger partial charge in [-0.15, -0.1) is 0 Å². The van der Waals surface area contributed by atoms with Gasteiger partial charge in [-0.3, -0.25) is 0 Å². The van der Waals surface area contributed by atoms with Crippen molar-refractivity contribution in [3.63, 3.8) is 0 Å². The number of fused-ring (bicyclic) bond motifs is 2. The summed E-state index contributed by atoms with van der Waals surface area (Å²) in [5, 5.41) is 0.964. The number of hydrogen-bond acceptors (Lipinski definition) is 5. The predicted molar refractivity (Wildman–Crippen MR) is 94.5 cm³/mol. The molecule has 24 heavy (non-hydrogen) atoms. The summed E-state index contributed by atoms with van der Waals surface area (Å²) in [6, 6.07) is 10.3. The average molecular weight is 321 g/mol. The smallest absolute Gasteiger partial charge is 0.162 e. The Morgan fingerprint density at radius 2 is 1.83 bits per heavy atom. The van der Waals surface area contributed by atoms with Crippen molar-refractivity contribution < 1.29 is 9.47 Å². The first-order chi connectivity index (χ1) is 11.7. The lowest BCUT2D eigenvalue weighted by molar-refractivity contribution is 0.356. The molecule has 0 amide bonds. The highest BCUT2D eigenvalue weighted by Gasteiger charge is 2.25. The molecule has 122 valence electrons. The molecule has 0 saturated carbocycles. The topological polar surface area (TPSA) is 47.5 Å². The molecular formula is C19H19N3O2. The summed E-state index contributed by atoms with van der Waals surface area (Å²) in [5.74, 6) is 2.27. The van der Waals surface area contributed by atoms with E-state index in [9.17, 15) is 0 Å². The number of methoxy groups -OCH3 is 2. The van der Waals surface area contributed by atoms with Crippen LogP contribution in [-0.4, -0.2) is 30.7 Å². The van der Waals surface area contributed by atoms with Crippen LogP contribution >= 0.6 is 0 Å². The summed E-state index contributed by atoms with van der Waals surface area (Å²) in [5.41, 5.74) is 4.73. The van der Waals surface area contributed by atoms with Crippen molar-refractivity contribution >= 4 is 22.4 Å². The third-order valence-corrected chi connectivity index (χ3v) is 4.57. The molecule has 3 aromatic rings. The van der Waals surface area contributed by atoms with Gasteiger partial charge in [0.2, 0.25) is 0 Å². The second-order valence-corrected chi connectivity index (χ2v) is 5.91. The van der Waals surface area contributed by atoms with Crippen molar-refractivity contribution in [2.75, 3.05) is 25.7 Å². The van der Waals surface area contributed by atoms with Crippen molar-refractivity contribution in [1.29, 1.82) is 0 Å². The van der Waals surface area contributed by atoms with Crippen LogP contribution in [-0.2, 0) is 6.42 Å². The molecule has 5 heteroatoms. The van der Waals surface area contributed by atoms with E-state index < -0.39 is 0 Å². The molecule has 0 fully saturated rings. The highest BCUT2D eigenvalue weighted by molar-refractivity contribution is 5.94. The molecule has 0 unspecified atom stereocenters. The van der Waals surface area contributed by atoms with Crippen LogP contribution in [0.2, 0.25) is 0 Å². The molecule has 0 aliphatic carbocycles. The van der Waals surface area contributed by atoms with Crippen molar-refractivity contribution in [2.24, 2.45) is 0 Å². The Morgan fingerprint density at radius 3 is 2.62 bits per heavy atom. The molecule has 0 spiro atoms. The minimum absolute atomic E-state index is 0.674. The Kier molecular flexibility index (Phi) is 3.49. The summed E-state index contributed by atoms with van der Waals surface area (Å²) < 4.78 is 10.8. The van der Waals surface area contributed by atoms with E-state index in [2.05, 4.69) is 40.0 Å². The van der Waals surface area contributed by atoms with Crippen LogP contribution < -0.4 is 14.4 Å². The lowest BCUT2D eigenvalue weighted by Gasteiger charge is -2.22. The molecule has 0 bridgehead atoms. The number of ether oxygens (including phenoxy) is 2. The van der Waals surface area contributed by atoms with Gasteiger partial charge in [-0.25, -0.2) is 9.97 Å². The summed E-state index contributed by atoms with van der Waals surface area (Å²) in [6.07, 6.45) is 2.63. The molecule has 1 aliphatic rings. The highest BCUT2D eigenvalue weighted by Crippen LogP contribution is 2.41. The number of aromatic nitrogens is 2. The first-order valence-corrected chi connectivity index (χ1v) is 7.95. The molecule has 4 rings (SSSR count). The van der Waals surface area contributed by atoms with E-state index in [0.29, 0.717) is 11.5 Å². The SMILES string of the molecule is COc1cc2ncnc(N3CCc4cccc(C)c43)c2cc1OC. The fourth-order valence-corrected chi connectivity index (χ4v) is 3.45. The Labute approximate surface area is 140 Å². The van der Waals surface area contributed by atoms with Crippen LogP contribution in [0, 0.1) is 6.92 Å². The van der Waals surface area contributed by atoms with Gasteiger partial charge < -0.3 is 14.4 Å². The Bertz CT molecular complexity index is 924. The van der Waals surface area contributed by atoms with E-state index in [0.717, 1.165) is 29.7 Å². The molecule has 5 nitrogen and oxygen atoms in total. The van der Waals surface area contributed by atoms with E-state index in [-0.39, 0.29) is 0 Å². The van der Waals surface area contributed by atoms with Gasteiger partial charge in [0.15, 0.2) is 11.5 Å². The molecule has 0 atom stereocenters. The first kappa shape index (κ1) is 14.8. The molecular weight excluding hydrogens is 302 g/mol. The van der Waals surface area contributed by atoms with Gasteiger partial charge in [-0.2, -0.15) is 0 Å². The Balaban J connectivity index is 1.93. The van der Waals surface area contributed by atoms with Gasteiger partial charge in [0, 0.05) is 23.7 Å². The van der Waals surface area contributed by atoms with Crippen molar-refractivity contribution in [3.8, 4) is 11.5 Å². The third kappa shape index (κ3) is 2.16. The largest absolute Gasteiger partial charge is 0.493 e. The number of rotatable bonds is 3. The zero-order valence-corrected chi connectivity index (χ0v) is 14.0. The maximum atomic E-state index is 5.46. The third-order valence-electron chi connectivity index (χ3n) is 4.57. The maximum Gasteiger partial charge on any atom is 0.162 e. The minimum atomic E-state index is 0.674. The molecule has 0 saturated heterocycles. The normalized spacial score (nSPS) is 13.2. The lowest BCUT2D eigenvalue weighted by atomic mass is 10.1. The summed E-state index contributed by atoms with van der Waals surface area (Å²) in [7, 11) is 3.27. The number of para-hydroxylation sites is 1.